The van der Waals surface area contributed by atoms with Crippen LogP contribution in [-0.4, -0.2) is 23.2 Å². The van der Waals surface area contributed by atoms with Gasteiger partial charge in [0, 0.05) is 12.1 Å². The molecule has 0 amide bonds. The van der Waals surface area contributed by atoms with E-state index in [-0.39, 0.29) is 12.3 Å². The first-order valence-electron chi connectivity index (χ1n) is 4.87. The van der Waals surface area contributed by atoms with Crippen molar-refractivity contribution in [2.75, 3.05) is 13.2 Å². The standard InChI is InChI=1S/C11H13NO4/c13-8-2-1-3-9-16-11-6-4-10(5-7-11)12(14)15/h1-2,4-7,13H,3,8-9H2/b2-1-. The Hall–Kier alpha value is -1.88. The summed E-state index contributed by atoms with van der Waals surface area (Å²) < 4.78 is 5.33. The van der Waals surface area contributed by atoms with Crippen molar-refractivity contribution in [2.45, 2.75) is 6.42 Å². The fraction of sp³-hybridized carbons (Fsp3) is 0.273. The minimum Gasteiger partial charge on any atom is -0.493 e. The van der Waals surface area contributed by atoms with Gasteiger partial charge < -0.3 is 9.84 Å². The number of benzene rings is 1. The minimum absolute atomic E-state index is 0.0253. The van der Waals surface area contributed by atoms with Crippen molar-refractivity contribution in [3.8, 4) is 5.75 Å². The monoisotopic (exact) mass is 223 g/mol. The summed E-state index contributed by atoms with van der Waals surface area (Å²) in [5.74, 6) is 0.600. The maximum absolute atomic E-state index is 10.4. The van der Waals surface area contributed by atoms with Gasteiger partial charge >= 0.3 is 0 Å². The number of nitrogens with zero attached hydrogens (tertiary/aromatic N) is 1. The summed E-state index contributed by atoms with van der Waals surface area (Å²) in [6, 6.07) is 5.93. The van der Waals surface area contributed by atoms with Crippen LogP contribution in [0.5, 0.6) is 5.75 Å². The Morgan fingerprint density at radius 2 is 2.00 bits per heavy atom. The van der Waals surface area contributed by atoms with Crippen molar-refractivity contribution in [3.05, 3.63) is 46.5 Å². The van der Waals surface area contributed by atoms with E-state index in [1.54, 1.807) is 18.2 Å². The van der Waals surface area contributed by atoms with Crippen molar-refractivity contribution in [2.24, 2.45) is 0 Å². The number of rotatable bonds is 6. The molecule has 0 unspecified atom stereocenters. The molecule has 0 saturated carbocycles. The van der Waals surface area contributed by atoms with Crippen LogP contribution in [-0.2, 0) is 0 Å². The Morgan fingerprint density at radius 1 is 1.31 bits per heavy atom. The van der Waals surface area contributed by atoms with Gasteiger partial charge in [0.2, 0.25) is 0 Å². The van der Waals surface area contributed by atoms with E-state index in [0.29, 0.717) is 18.8 Å². The molecule has 0 heterocycles. The highest BCUT2D eigenvalue weighted by Gasteiger charge is 2.03. The zero-order chi connectivity index (χ0) is 11.8. The third kappa shape index (κ3) is 4.10. The van der Waals surface area contributed by atoms with Crippen LogP contribution in [0.15, 0.2) is 36.4 Å². The summed E-state index contributed by atoms with van der Waals surface area (Å²) in [6.45, 7) is 0.506. The van der Waals surface area contributed by atoms with Crippen LogP contribution in [0.1, 0.15) is 6.42 Å². The molecule has 0 fully saturated rings. The summed E-state index contributed by atoms with van der Waals surface area (Å²) in [5, 5.41) is 18.9. The van der Waals surface area contributed by atoms with Crippen molar-refractivity contribution in [3.63, 3.8) is 0 Å². The molecule has 5 heteroatoms. The van der Waals surface area contributed by atoms with Gasteiger partial charge in [0.25, 0.3) is 5.69 Å². The lowest BCUT2D eigenvalue weighted by molar-refractivity contribution is -0.384. The fourth-order valence-corrected chi connectivity index (χ4v) is 1.10. The van der Waals surface area contributed by atoms with E-state index in [1.807, 2.05) is 6.08 Å². The molecule has 1 aromatic rings. The Labute approximate surface area is 93.1 Å². The number of nitro groups is 1. The van der Waals surface area contributed by atoms with Crippen molar-refractivity contribution in [1.82, 2.24) is 0 Å². The third-order valence-corrected chi connectivity index (χ3v) is 1.87. The summed E-state index contributed by atoms with van der Waals surface area (Å²) in [4.78, 5) is 9.93. The van der Waals surface area contributed by atoms with E-state index in [0.717, 1.165) is 0 Å². The van der Waals surface area contributed by atoms with Crippen LogP contribution in [0.3, 0.4) is 0 Å². The highest BCUT2D eigenvalue weighted by Crippen LogP contribution is 2.17. The van der Waals surface area contributed by atoms with Crippen LogP contribution in [0.4, 0.5) is 5.69 Å². The molecule has 0 bridgehead atoms. The van der Waals surface area contributed by atoms with Crippen molar-refractivity contribution in [1.29, 1.82) is 0 Å². The first kappa shape index (κ1) is 12.2. The zero-order valence-electron chi connectivity index (χ0n) is 8.70. The second-order valence-electron chi connectivity index (χ2n) is 3.04. The van der Waals surface area contributed by atoms with Crippen LogP contribution < -0.4 is 4.74 Å². The molecule has 0 spiro atoms. The third-order valence-electron chi connectivity index (χ3n) is 1.87. The van der Waals surface area contributed by atoms with Crippen LogP contribution in [0.25, 0.3) is 0 Å². The average molecular weight is 223 g/mol. The molecule has 1 aromatic carbocycles. The van der Waals surface area contributed by atoms with Gasteiger partial charge in [0.1, 0.15) is 5.75 Å². The summed E-state index contributed by atoms with van der Waals surface area (Å²) in [6.07, 6.45) is 4.14. The smallest absolute Gasteiger partial charge is 0.269 e. The molecule has 0 atom stereocenters. The molecular formula is C11H13NO4. The largest absolute Gasteiger partial charge is 0.493 e. The second kappa shape index (κ2) is 6.58. The molecule has 5 nitrogen and oxygen atoms in total. The maximum Gasteiger partial charge on any atom is 0.269 e. The van der Waals surface area contributed by atoms with E-state index in [2.05, 4.69) is 0 Å². The Balaban J connectivity index is 2.37. The predicted octanol–water partition coefficient (Wildman–Crippen LogP) is 1.91. The van der Waals surface area contributed by atoms with Gasteiger partial charge in [-0.3, -0.25) is 10.1 Å². The molecule has 1 N–H and O–H groups in total. The number of aliphatic hydroxyl groups excluding tert-OH is 1. The SMILES string of the molecule is O=[N+]([O-])c1ccc(OCC/C=C\CO)cc1. The lowest BCUT2D eigenvalue weighted by Gasteiger charge is -2.03. The first-order chi connectivity index (χ1) is 7.74. The number of hydrogen-bond donors (Lipinski definition) is 1. The van der Waals surface area contributed by atoms with Gasteiger partial charge in [-0.15, -0.1) is 0 Å². The highest BCUT2D eigenvalue weighted by atomic mass is 16.6. The maximum atomic E-state index is 10.4. The van der Waals surface area contributed by atoms with E-state index in [1.165, 1.54) is 12.1 Å². The van der Waals surface area contributed by atoms with Crippen LogP contribution >= 0.6 is 0 Å². The molecule has 86 valence electrons. The van der Waals surface area contributed by atoms with Crippen LogP contribution in [0, 0.1) is 10.1 Å². The topological polar surface area (TPSA) is 72.6 Å². The van der Waals surface area contributed by atoms with Gasteiger partial charge in [0.15, 0.2) is 0 Å². The number of aliphatic hydroxyl groups is 1. The highest BCUT2D eigenvalue weighted by molar-refractivity contribution is 5.35. The fourth-order valence-electron chi connectivity index (χ4n) is 1.10. The van der Waals surface area contributed by atoms with Gasteiger partial charge in [-0.05, 0) is 18.6 Å². The van der Waals surface area contributed by atoms with E-state index in [9.17, 15) is 10.1 Å². The summed E-state index contributed by atoms with van der Waals surface area (Å²) >= 11 is 0. The molecule has 0 aliphatic heterocycles. The minimum atomic E-state index is -0.451. The molecule has 0 aromatic heterocycles. The Kier molecular flexibility index (Phi) is 5.01. The molecule has 1 rings (SSSR count). The first-order valence-corrected chi connectivity index (χ1v) is 4.87. The molecule has 16 heavy (non-hydrogen) atoms. The lowest BCUT2D eigenvalue weighted by atomic mass is 10.3. The molecule has 0 aliphatic carbocycles. The number of nitro benzene ring substituents is 1. The number of non-ortho nitro benzene ring substituents is 1. The van der Waals surface area contributed by atoms with E-state index in [4.69, 9.17) is 9.84 Å². The molecule has 0 radical (unpaired) electrons. The normalized spacial score (nSPS) is 10.6. The predicted molar refractivity (Wildman–Crippen MR) is 59.4 cm³/mol. The van der Waals surface area contributed by atoms with Crippen molar-refractivity contribution >= 4 is 5.69 Å². The Morgan fingerprint density at radius 3 is 2.56 bits per heavy atom. The van der Waals surface area contributed by atoms with E-state index >= 15 is 0 Å². The van der Waals surface area contributed by atoms with Crippen molar-refractivity contribution < 1.29 is 14.8 Å². The molecule has 0 aliphatic rings. The van der Waals surface area contributed by atoms with Gasteiger partial charge in [-0.1, -0.05) is 12.2 Å². The van der Waals surface area contributed by atoms with Gasteiger partial charge in [-0.2, -0.15) is 0 Å². The van der Waals surface area contributed by atoms with E-state index < -0.39 is 4.92 Å². The number of ether oxygens (including phenoxy) is 1. The summed E-state index contributed by atoms with van der Waals surface area (Å²) in [7, 11) is 0. The zero-order valence-corrected chi connectivity index (χ0v) is 8.70. The lowest BCUT2D eigenvalue weighted by Crippen LogP contribution is -1.96. The van der Waals surface area contributed by atoms with Crippen LogP contribution in [0.2, 0.25) is 0 Å². The second-order valence-corrected chi connectivity index (χ2v) is 3.04. The quantitative estimate of drug-likeness (QED) is 0.346. The van der Waals surface area contributed by atoms with Gasteiger partial charge in [0.05, 0.1) is 18.1 Å². The average Bonchev–Trinajstić information content (AvgIpc) is 2.29. The summed E-state index contributed by atoms with van der Waals surface area (Å²) in [5.41, 5.74) is 0.0486. The van der Waals surface area contributed by atoms with Gasteiger partial charge in [-0.25, -0.2) is 0 Å². The number of hydrogen-bond acceptors (Lipinski definition) is 4. The molecule has 0 saturated heterocycles. The Bertz CT molecular complexity index is 359. The molecular weight excluding hydrogens is 210 g/mol.